The Kier molecular flexibility index (Phi) is 2.64. The first-order chi connectivity index (χ1) is 7.43. The van der Waals surface area contributed by atoms with Crippen LogP contribution in [-0.2, 0) is 10.3 Å². The van der Waals surface area contributed by atoms with Crippen LogP contribution >= 0.6 is 0 Å². The van der Waals surface area contributed by atoms with Crippen LogP contribution in [0.4, 0.5) is 5.82 Å². The fourth-order valence-electron chi connectivity index (χ4n) is 2.38. The summed E-state index contributed by atoms with van der Waals surface area (Å²) >= 11 is 0. The maximum Gasteiger partial charge on any atom is 0.129 e. The standard InChI is InChI=1S/C12H18N2O2/c1-11(2)8-12(15,5-7-16-11)9-4-3-6-14-10(9)13/h3-4,6,15H,5,7-8H2,1-2H3,(H2,13,14). The Morgan fingerprint density at radius 1 is 1.50 bits per heavy atom. The van der Waals surface area contributed by atoms with Crippen LogP contribution < -0.4 is 5.73 Å². The van der Waals surface area contributed by atoms with E-state index >= 15 is 0 Å². The molecular weight excluding hydrogens is 204 g/mol. The number of nitrogens with zero attached hydrogens (tertiary/aromatic N) is 1. The number of hydrogen-bond acceptors (Lipinski definition) is 4. The van der Waals surface area contributed by atoms with Crippen molar-refractivity contribution >= 4 is 5.82 Å². The lowest BCUT2D eigenvalue weighted by Crippen LogP contribution is -2.44. The van der Waals surface area contributed by atoms with Gasteiger partial charge in [0.15, 0.2) is 0 Å². The van der Waals surface area contributed by atoms with Gasteiger partial charge in [-0.15, -0.1) is 0 Å². The number of hydrogen-bond donors (Lipinski definition) is 2. The molecule has 0 saturated carbocycles. The molecule has 1 aliphatic heterocycles. The minimum absolute atomic E-state index is 0.324. The van der Waals surface area contributed by atoms with Crippen LogP contribution in [0, 0.1) is 0 Å². The van der Waals surface area contributed by atoms with Crippen molar-refractivity contribution in [2.45, 2.75) is 37.9 Å². The zero-order valence-electron chi connectivity index (χ0n) is 9.73. The van der Waals surface area contributed by atoms with E-state index in [1.54, 1.807) is 12.3 Å². The van der Waals surface area contributed by atoms with Crippen molar-refractivity contribution in [3.8, 4) is 0 Å². The second kappa shape index (κ2) is 3.71. The minimum atomic E-state index is -0.917. The summed E-state index contributed by atoms with van der Waals surface area (Å²) in [5.41, 5.74) is 5.29. The Morgan fingerprint density at radius 2 is 2.25 bits per heavy atom. The Bertz CT molecular complexity index is 392. The van der Waals surface area contributed by atoms with Gasteiger partial charge in [-0.25, -0.2) is 4.98 Å². The van der Waals surface area contributed by atoms with Crippen LogP contribution in [0.3, 0.4) is 0 Å². The van der Waals surface area contributed by atoms with Crippen LogP contribution in [0.1, 0.15) is 32.3 Å². The molecule has 0 aromatic carbocycles. The van der Waals surface area contributed by atoms with E-state index in [9.17, 15) is 5.11 Å². The van der Waals surface area contributed by atoms with E-state index < -0.39 is 5.60 Å². The Labute approximate surface area is 95.4 Å². The number of rotatable bonds is 1. The third-order valence-corrected chi connectivity index (χ3v) is 3.07. The van der Waals surface area contributed by atoms with Gasteiger partial charge in [0.05, 0.1) is 17.8 Å². The van der Waals surface area contributed by atoms with Crippen LogP contribution in [0.5, 0.6) is 0 Å². The van der Waals surface area contributed by atoms with Crippen molar-refractivity contribution in [1.29, 1.82) is 0 Å². The quantitative estimate of drug-likeness (QED) is 0.754. The molecule has 0 bridgehead atoms. The van der Waals surface area contributed by atoms with Crippen LogP contribution in [-0.4, -0.2) is 22.3 Å². The van der Waals surface area contributed by atoms with Gasteiger partial charge in [0, 0.05) is 24.6 Å². The number of ether oxygens (including phenoxy) is 1. The molecule has 88 valence electrons. The molecule has 1 aromatic rings. The summed E-state index contributed by atoms with van der Waals surface area (Å²) in [6.07, 6.45) is 2.73. The smallest absolute Gasteiger partial charge is 0.129 e. The van der Waals surface area contributed by atoms with Gasteiger partial charge in [-0.05, 0) is 19.9 Å². The summed E-state index contributed by atoms with van der Waals surface area (Å²) in [7, 11) is 0. The molecule has 1 unspecified atom stereocenters. The monoisotopic (exact) mass is 222 g/mol. The molecule has 1 saturated heterocycles. The zero-order chi connectivity index (χ0) is 11.8. The second-order valence-electron chi connectivity index (χ2n) is 5.00. The predicted molar refractivity (Wildman–Crippen MR) is 61.8 cm³/mol. The summed E-state index contributed by atoms with van der Waals surface area (Å²) in [5.74, 6) is 0.405. The van der Waals surface area contributed by atoms with Crippen molar-refractivity contribution in [2.75, 3.05) is 12.3 Å². The van der Waals surface area contributed by atoms with Crippen molar-refractivity contribution in [1.82, 2.24) is 4.98 Å². The fourth-order valence-corrected chi connectivity index (χ4v) is 2.38. The molecule has 2 rings (SSSR count). The highest BCUT2D eigenvalue weighted by atomic mass is 16.5. The first kappa shape index (κ1) is 11.4. The molecule has 1 atom stereocenters. The Balaban J connectivity index is 2.35. The van der Waals surface area contributed by atoms with E-state index in [-0.39, 0.29) is 5.60 Å². The van der Waals surface area contributed by atoms with Gasteiger partial charge in [-0.1, -0.05) is 6.07 Å². The molecule has 1 fully saturated rings. The number of nitrogen functional groups attached to an aromatic ring is 1. The molecule has 0 spiro atoms. The van der Waals surface area contributed by atoms with Crippen LogP contribution in [0.25, 0.3) is 0 Å². The zero-order valence-corrected chi connectivity index (χ0v) is 9.73. The highest BCUT2D eigenvalue weighted by Gasteiger charge is 2.41. The lowest BCUT2D eigenvalue weighted by molar-refractivity contribution is -0.147. The van der Waals surface area contributed by atoms with Gasteiger partial charge in [0.2, 0.25) is 0 Å². The second-order valence-corrected chi connectivity index (χ2v) is 5.00. The SMILES string of the molecule is CC1(C)CC(O)(c2cccnc2N)CCO1. The van der Waals surface area contributed by atoms with Crippen molar-refractivity contribution in [3.63, 3.8) is 0 Å². The normalized spacial score (nSPS) is 28.9. The maximum atomic E-state index is 10.7. The van der Waals surface area contributed by atoms with E-state index in [1.807, 2.05) is 19.9 Å². The average molecular weight is 222 g/mol. The lowest BCUT2D eigenvalue weighted by atomic mass is 9.79. The number of anilines is 1. The summed E-state index contributed by atoms with van der Waals surface area (Å²) in [5, 5.41) is 10.7. The molecule has 0 aliphatic carbocycles. The Morgan fingerprint density at radius 3 is 2.88 bits per heavy atom. The first-order valence-corrected chi connectivity index (χ1v) is 5.50. The highest BCUT2D eigenvalue weighted by Crippen LogP contribution is 2.40. The lowest BCUT2D eigenvalue weighted by Gasteiger charge is -2.41. The van der Waals surface area contributed by atoms with E-state index in [0.29, 0.717) is 30.8 Å². The first-order valence-electron chi connectivity index (χ1n) is 5.50. The summed E-state index contributed by atoms with van der Waals surface area (Å²) in [6, 6.07) is 3.63. The third-order valence-electron chi connectivity index (χ3n) is 3.07. The number of pyridine rings is 1. The fraction of sp³-hybridized carbons (Fsp3) is 0.583. The van der Waals surface area contributed by atoms with E-state index in [0.717, 1.165) is 0 Å². The molecule has 1 aliphatic rings. The van der Waals surface area contributed by atoms with Gasteiger partial charge in [-0.2, -0.15) is 0 Å². The van der Waals surface area contributed by atoms with Gasteiger partial charge in [-0.3, -0.25) is 0 Å². The van der Waals surface area contributed by atoms with E-state index in [4.69, 9.17) is 10.5 Å². The number of nitrogens with two attached hydrogens (primary N) is 1. The van der Waals surface area contributed by atoms with Crippen molar-refractivity contribution in [3.05, 3.63) is 23.9 Å². The average Bonchev–Trinajstić information content (AvgIpc) is 2.16. The van der Waals surface area contributed by atoms with E-state index in [1.165, 1.54) is 0 Å². The molecule has 1 aromatic heterocycles. The minimum Gasteiger partial charge on any atom is -0.385 e. The van der Waals surface area contributed by atoms with Gasteiger partial charge < -0.3 is 15.6 Å². The topological polar surface area (TPSA) is 68.4 Å². The highest BCUT2D eigenvalue weighted by molar-refractivity contribution is 5.43. The third kappa shape index (κ3) is 2.03. The molecule has 2 heterocycles. The summed E-state index contributed by atoms with van der Waals surface area (Å²) < 4.78 is 5.60. The summed E-state index contributed by atoms with van der Waals surface area (Å²) in [4.78, 5) is 4.02. The maximum absolute atomic E-state index is 10.7. The largest absolute Gasteiger partial charge is 0.385 e. The molecule has 16 heavy (non-hydrogen) atoms. The van der Waals surface area contributed by atoms with Crippen molar-refractivity contribution < 1.29 is 9.84 Å². The van der Waals surface area contributed by atoms with Crippen molar-refractivity contribution in [2.24, 2.45) is 0 Å². The van der Waals surface area contributed by atoms with E-state index in [2.05, 4.69) is 4.98 Å². The van der Waals surface area contributed by atoms with Gasteiger partial charge in [0.25, 0.3) is 0 Å². The predicted octanol–water partition coefficient (Wildman–Crippen LogP) is 1.44. The molecule has 4 nitrogen and oxygen atoms in total. The van der Waals surface area contributed by atoms with Crippen LogP contribution in [0.15, 0.2) is 18.3 Å². The van der Waals surface area contributed by atoms with Gasteiger partial charge >= 0.3 is 0 Å². The molecule has 0 amide bonds. The number of aromatic nitrogens is 1. The van der Waals surface area contributed by atoms with Crippen LogP contribution in [0.2, 0.25) is 0 Å². The number of aliphatic hydroxyl groups is 1. The molecular formula is C12H18N2O2. The molecule has 4 heteroatoms. The molecule has 0 radical (unpaired) electrons. The molecule has 3 N–H and O–H groups in total. The van der Waals surface area contributed by atoms with Gasteiger partial charge in [0.1, 0.15) is 5.82 Å². The summed E-state index contributed by atoms with van der Waals surface area (Å²) in [6.45, 7) is 4.49. The Hall–Kier alpha value is -1.13.